The maximum absolute atomic E-state index is 11.6. The van der Waals surface area contributed by atoms with Gasteiger partial charge >= 0.3 is 6.03 Å². The highest BCUT2D eigenvalue weighted by atomic mass is 32.1. The first-order chi connectivity index (χ1) is 9.75. The summed E-state index contributed by atoms with van der Waals surface area (Å²) in [6.07, 6.45) is 5.53. The summed E-state index contributed by atoms with van der Waals surface area (Å²) in [4.78, 5) is 17.0. The van der Waals surface area contributed by atoms with E-state index in [0.717, 1.165) is 25.2 Å². The molecule has 0 saturated carbocycles. The summed E-state index contributed by atoms with van der Waals surface area (Å²) >= 11 is 1.72. The van der Waals surface area contributed by atoms with Gasteiger partial charge in [-0.05, 0) is 31.2 Å². The lowest BCUT2D eigenvalue weighted by Gasteiger charge is -2.08. The van der Waals surface area contributed by atoms with Crippen molar-refractivity contribution < 1.29 is 4.79 Å². The Bertz CT molecular complexity index is 521. The van der Waals surface area contributed by atoms with E-state index >= 15 is 0 Å². The molecule has 2 aromatic rings. The quantitative estimate of drug-likeness (QED) is 0.769. The molecule has 0 unspecified atom stereocenters. The molecule has 2 N–H and O–H groups in total. The van der Waals surface area contributed by atoms with Crippen molar-refractivity contribution in [3.8, 4) is 0 Å². The normalized spacial score (nSPS) is 10.4. The van der Waals surface area contributed by atoms with Gasteiger partial charge in [-0.3, -0.25) is 0 Å². The van der Waals surface area contributed by atoms with Gasteiger partial charge in [0.2, 0.25) is 0 Å². The van der Waals surface area contributed by atoms with Crippen LogP contribution in [0.4, 0.5) is 4.79 Å². The number of hydrogen-bond donors (Lipinski definition) is 2. The van der Waals surface area contributed by atoms with Gasteiger partial charge in [0.05, 0.1) is 0 Å². The van der Waals surface area contributed by atoms with Crippen molar-refractivity contribution in [3.05, 3.63) is 40.6 Å². The second-order valence-electron chi connectivity index (χ2n) is 4.53. The van der Waals surface area contributed by atoms with Crippen molar-refractivity contribution in [2.24, 2.45) is 0 Å². The number of aromatic nitrogens is 2. The number of hydrogen-bond acceptors (Lipinski definition) is 3. The number of imidazole rings is 1. The summed E-state index contributed by atoms with van der Waals surface area (Å²) < 4.78 is 2.08. The lowest BCUT2D eigenvalue weighted by Crippen LogP contribution is -2.37. The SMILES string of the molecule is Cc1nccn1CCCNC(=O)NCCc1cccs1. The summed E-state index contributed by atoms with van der Waals surface area (Å²) in [5.74, 6) is 1.00. The van der Waals surface area contributed by atoms with Gasteiger partial charge in [-0.1, -0.05) is 6.07 Å². The van der Waals surface area contributed by atoms with Crippen molar-refractivity contribution >= 4 is 17.4 Å². The lowest BCUT2D eigenvalue weighted by atomic mass is 10.3. The molecule has 6 heteroatoms. The van der Waals surface area contributed by atoms with Crippen molar-refractivity contribution in [1.29, 1.82) is 0 Å². The maximum Gasteiger partial charge on any atom is 0.314 e. The molecule has 2 heterocycles. The predicted octanol–water partition coefficient (Wildman–Crippen LogP) is 2.19. The third kappa shape index (κ3) is 4.70. The molecule has 0 atom stereocenters. The summed E-state index contributed by atoms with van der Waals surface area (Å²) in [7, 11) is 0. The minimum atomic E-state index is -0.0936. The Balaban J connectivity index is 1.53. The van der Waals surface area contributed by atoms with Crippen LogP contribution in [0.1, 0.15) is 17.1 Å². The van der Waals surface area contributed by atoms with E-state index < -0.39 is 0 Å². The minimum Gasteiger partial charge on any atom is -0.338 e. The molecular weight excluding hydrogens is 272 g/mol. The Morgan fingerprint density at radius 3 is 2.95 bits per heavy atom. The van der Waals surface area contributed by atoms with Crippen LogP contribution in [0.15, 0.2) is 29.9 Å². The molecule has 0 spiro atoms. The monoisotopic (exact) mass is 292 g/mol. The van der Waals surface area contributed by atoms with E-state index in [9.17, 15) is 4.79 Å². The fourth-order valence-corrected chi connectivity index (χ4v) is 2.62. The van der Waals surface area contributed by atoms with E-state index in [1.54, 1.807) is 17.5 Å². The topological polar surface area (TPSA) is 59.0 Å². The van der Waals surface area contributed by atoms with Gasteiger partial charge in [-0.2, -0.15) is 0 Å². The molecule has 0 saturated heterocycles. The van der Waals surface area contributed by atoms with Crippen LogP contribution in [0, 0.1) is 6.92 Å². The summed E-state index contributed by atoms with van der Waals surface area (Å²) in [5, 5.41) is 7.78. The number of amides is 2. The predicted molar refractivity (Wildman–Crippen MR) is 81.0 cm³/mol. The second kappa shape index (κ2) is 7.69. The number of carbonyl (C=O) groups excluding carboxylic acids is 1. The summed E-state index contributed by atoms with van der Waals surface area (Å²) in [6, 6.07) is 4.01. The fourth-order valence-electron chi connectivity index (χ4n) is 1.91. The van der Waals surface area contributed by atoms with Gasteiger partial charge in [-0.25, -0.2) is 9.78 Å². The Morgan fingerprint density at radius 2 is 2.25 bits per heavy atom. The largest absolute Gasteiger partial charge is 0.338 e. The van der Waals surface area contributed by atoms with Crippen molar-refractivity contribution in [2.75, 3.05) is 13.1 Å². The summed E-state index contributed by atoms with van der Waals surface area (Å²) in [6.45, 7) is 4.20. The van der Waals surface area contributed by atoms with Crippen molar-refractivity contribution in [3.63, 3.8) is 0 Å². The third-order valence-corrected chi connectivity index (χ3v) is 3.96. The van der Waals surface area contributed by atoms with Crippen molar-refractivity contribution in [2.45, 2.75) is 26.3 Å². The van der Waals surface area contributed by atoms with Crippen LogP contribution in [0.5, 0.6) is 0 Å². The first-order valence-electron chi connectivity index (χ1n) is 6.77. The van der Waals surface area contributed by atoms with Gasteiger partial charge in [-0.15, -0.1) is 11.3 Å². The van der Waals surface area contributed by atoms with Crippen LogP contribution in [-0.2, 0) is 13.0 Å². The summed E-state index contributed by atoms with van der Waals surface area (Å²) in [5.41, 5.74) is 0. The molecule has 0 fully saturated rings. The molecule has 0 aliphatic heterocycles. The number of urea groups is 1. The van der Waals surface area contributed by atoms with Crippen LogP contribution < -0.4 is 10.6 Å². The average Bonchev–Trinajstić information content (AvgIpc) is 3.07. The van der Waals surface area contributed by atoms with Crippen LogP contribution >= 0.6 is 11.3 Å². The molecule has 0 bridgehead atoms. The van der Waals surface area contributed by atoms with E-state index in [4.69, 9.17) is 0 Å². The molecule has 20 heavy (non-hydrogen) atoms. The van der Waals surface area contributed by atoms with E-state index in [2.05, 4.69) is 26.3 Å². The van der Waals surface area contributed by atoms with Crippen molar-refractivity contribution in [1.82, 2.24) is 20.2 Å². The van der Waals surface area contributed by atoms with Gasteiger partial charge < -0.3 is 15.2 Å². The molecule has 0 radical (unpaired) electrons. The molecule has 2 rings (SSSR count). The molecular formula is C14H20N4OS. The Morgan fingerprint density at radius 1 is 1.40 bits per heavy atom. The number of rotatable bonds is 7. The number of nitrogens with one attached hydrogen (secondary N) is 2. The molecule has 2 aromatic heterocycles. The first-order valence-corrected chi connectivity index (χ1v) is 7.65. The number of carbonyl (C=O) groups is 1. The van der Waals surface area contributed by atoms with E-state index in [-0.39, 0.29) is 6.03 Å². The molecule has 108 valence electrons. The van der Waals surface area contributed by atoms with E-state index in [1.165, 1.54) is 4.88 Å². The lowest BCUT2D eigenvalue weighted by molar-refractivity contribution is 0.240. The molecule has 0 aliphatic carbocycles. The molecule has 2 amide bonds. The molecule has 5 nitrogen and oxygen atoms in total. The van der Waals surface area contributed by atoms with Crippen LogP contribution in [0.3, 0.4) is 0 Å². The van der Waals surface area contributed by atoms with Crippen LogP contribution in [0.25, 0.3) is 0 Å². The third-order valence-electron chi connectivity index (χ3n) is 3.02. The van der Waals surface area contributed by atoms with E-state index in [1.807, 2.05) is 24.6 Å². The van der Waals surface area contributed by atoms with Gasteiger partial charge in [0.15, 0.2) is 0 Å². The van der Waals surface area contributed by atoms with E-state index in [0.29, 0.717) is 13.1 Å². The zero-order chi connectivity index (χ0) is 14.2. The molecule has 0 aromatic carbocycles. The van der Waals surface area contributed by atoms with Crippen LogP contribution in [0.2, 0.25) is 0 Å². The average molecular weight is 292 g/mol. The Labute approximate surface area is 123 Å². The van der Waals surface area contributed by atoms with Gasteiger partial charge in [0.1, 0.15) is 5.82 Å². The number of aryl methyl sites for hydroxylation is 2. The first kappa shape index (κ1) is 14.6. The molecule has 0 aliphatic rings. The van der Waals surface area contributed by atoms with Gasteiger partial charge in [0, 0.05) is 36.9 Å². The fraction of sp³-hybridized carbons (Fsp3) is 0.429. The highest BCUT2D eigenvalue weighted by Crippen LogP contribution is 2.07. The highest BCUT2D eigenvalue weighted by molar-refractivity contribution is 7.09. The highest BCUT2D eigenvalue weighted by Gasteiger charge is 2.01. The number of nitrogens with zero attached hydrogens (tertiary/aromatic N) is 2. The Kier molecular flexibility index (Phi) is 5.61. The maximum atomic E-state index is 11.6. The Hall–Kier alpha value is -1.82. The zero-order valence-electron chi connectivity index (χ0n) is 11.6. The van der Waals surface area contributed by atoms with Gasteiger partial charge in [0.25, 0.3) is 0 Å². The smallest absolute Gasteiger partial charge is 0.314 e. The standard InChI is InChI=1S/C14H20N4OS/c1-12-15-8-10-18(12)9-3-6-16-14(19)17-7-5-13-4-2-11-20-13/h2,4,8,10-11H,3,5-7,9H2,1H3,(H2,16,17,19). The second-order valence-corrected chi connectivity index (χ2v) is 5.57. The zero-order valence-corrected chi connectivity index (χ0v) is 12.4. The minimum absolute atomic E-state index is 0.0936. The number of thiophene rings is 1. The van der Waals surface area contributed by atoms with Crippen LogP contribution in [-0.4, -0.2) is 28.7 Å².